The molecule has 4 nitrogen and oxygen atoms in total. The highest BCUT2D eigenvalue weighted by atomic mass is 16.5. The molecule has 0 fully saturated rings. The summed E-state index contributed by atoms with van der Waals surface area (Å²) in [5.74, 6) is -0.471. The second kappa shape index (κ2) is 9.02. The number of esters is 2. The summed E-state index contributed by atoms with van der Waals surface area (Å²) in [6, 6.07) is 0. The van der Waals surface area contributed by atoms with Gasteiger partial charge in [-0.15, -0.1) is 0 Å². The molecule has 1 unspecified atom stereocenters. The lowest BCUT2D eigenvalue weighted by Crippen LogP contribution is -2.22. The Bertz CT molecular complexity index is 236. The lowest BCUT2D eigenvalue weighted by Gasteiger charge is -2.15. The first-order chi connectivity index (χ1) is 8.01. The van der Waals surface area contributed by atoms with Crippen LogP contribution < -0.4 is 0 Å². The summed E-state index contributed by atoms with van der Waals surface area (Å²) in [5.41, 5.74) is 0. The Hall–Kier alpha value is -1.06. The van der Waals surface area contributed by atoms with E-state index >= 15 is 0 Å². The largest absolute Gasteiger partial charge is 0.466 e. The van der Waals surface area contributed by atoms with Crippen LogP contribution in [0.15, 0.2) is 0 Å². The molecule has 0 N–H and O–H groups in total. The van der Waals surface area contributed by atoms with E-state index in [9.17, 15) is 9.59 Å². The van der Waals surface area contributed by atoms with E-state index in [1.807, 2.05) is 0 Å². The van der Waals surface area contributed by atoms with Gasteiger partial charge in [0.1, 0.15) is 0 Å². The highest BCUT2D eigenvalue weighted by Crippen LogP contribution is 2.18. The maximum atomic E-state index is 11.7. The monoisotopic (exact) mass is 244 g/mol. The SMILES string of the molecule is CCOC(=O)CC(CCC(C)C)C(=O)OCC. The van der Waals surface area contributed by atoms with Gasteiger partial charge in [-0.3, -0.25) is 9.59 Å². The lowest BCUT2D eigenvalue weighted by molar-refractivity contribution is -0.155. The predicted molar refractivity (Wildman–Crippen MR) is 65.4 cm³/mol. The topological polar surface area (TPSA) is 52.6 Å². The fraction of sp³-hybridized carbons (Fsp3) is 0.846. The molecule has 0 aromatic heterocycles. The molecule has 0 rings (SSSR count). The summed E-state index contributed by atoms with van der Waals surface area (Å²) in [4.78, 5) is 23.0. The van der Waals surface area contributed by atoms with Crippen LogP contribution in [0.3, 0.4) is 0 Å². The molecule has 0 aliphatic heterocycles. The van der Waals surface area contributed by atoms with Crippen molar-refractivity contribution in [2.24, 2.45) is 11.8 Å². The molecule has 0 aromatic rings. The number of rotatable bonds is 8. The molecule has 0 aliphatic carbocycles. The molecular formula is C13H24O4. The zero-order valence-electron chi connectivity index (χ0n) is 11.3. The molecular weight excluding hydrogens is 220 g/mol. The van der Waals surface area contributed by atoms with Gasteiger partial charge >= 0.3 is 11.9 Å². The summed E-state index contributed by atoms with van der Waals surface area (Å²) in [6.07, 6.45) is 1.71. The summed E-state index contributed by atoms with van der Waals surface area (Å²) in [7, 11) is 0. The van der Waals surface area contributed by atoms with Crippen molar-refractivity contribution in [3.8, 4) is 0 Å². The van der Waals surface area contributed by atoms with Crippen LogP contribution in [0.5, 0.6) is 0 Å². The maximum Gasteiger partial charge on any atom is 0.309 e. The number of ether oxygens (including phenoxy) is 2. The van der Waals surface area contributed by atoms with Crippen LogP contribution in [0.25, 0.3) is 0 Å². The normalized spacial score (nSPS) is 12.3. The summed E-state index contributed by atoms with van der Waals surface area (Å²) in [6.45, 7) is 8.39. The van der Waals surface area contributed by atoms with Crippen LogP contribution >= 0.6 is 0 Å². The third-order valence-corrected chi connectivity index (χ3v) is 2.43. The van der Waals surface area contributed by atoms with Gasteiger partial charge in [0.2, 0.25) is 0 Å². The third kappa shape index (κ3) is 7.77. The zero-order valence-corrected chi connectivity index (χ0v) is 11.3. The maximum absolute atomic E-state index is 11.7. The Morgan fingerprint density at radius 2 is 1.59 bits per heavy atom. The molecule has 0 saturated carbocycles. The first-order valence-corrected chi connectivity index (χ1v) is 6.33. The third-order valence-electron chi connectivity index (χ3n) is 2.43. The lowest BCUT2D eigenvalue weighted by atomic mass is 9.95. The van der Waals surface area contributed by atoms with Crippen molar-refractivity contribution in [1.29, 1.82) is 0 Å². The molecule has 4 heteroatoms. The molecule has 0 saturated heterocycles. The van der Waals surface area contributed by atoms with E-state index in [2.05, 4.69) is 13.8 Å². The summed E-state index contributed by atoms with van der Waals surface area (Å²) < 4.78 is 9.83. The van der Waals surface area contributed by atoms with E-state index in [-0.39, 0.29) is 24.3 Å². The number of carbonyl (C=O) groups is 2. The number of carbonyl (C=O) groups excluding carboxylic acids is 2. The van der Waals surface area contributed by atoms with Crippen LogP contribution in [0.1, 0.15) is 47.0 Å². The van der Waals surface area contributed by atoms with Crippen molar-refractivity contribution in [1.82, 2.24) is 0 Å². The quantitative estimate of drug-likeness (QED) is 0.616. The molecule has 1 atom stereocenters. The Balaban J connectivity index is 4.28. The molecule has 0 heterocycles. The predicted octanol–water partition coefficient (Wildman–Crippen LogP) is 2.56. The molecule has 0 radical (unpaired) electrons. The fourth-order valence-electron chi connectivity index (χ4n) is 1.52. The van der Waals surface area contributed by atoms with Gasteiger partial charge in [0, 0.05) is 0 Å². The zero-order chi connectivity index (χ0) is 13.3. The van der Waals surface area contributed by atoms with E-state index in [1.165, 1.54) is 0 Å². The fourth-order valence-corrected chi connectivity index (χ4v) is 1.52. The van der Waals surface area contributed by atoms with Crippen LogP contribution in [0.4, 0.5) is 0 Å². The Morgan fingerprint density at radius 3 is 2.06 bits per heavy atom. The van der Waals surface area contributed by atoms with E-state index < -0.39 is 0 Å². The van der Waals surface area contributed by atoms with Gasteiger partial charge < -0.3 is 9.47 Å². The van der Waals surface area contributed by atoms with Gasteiger partial charge in [0.25, 0.3) is 0 Å². The van der Waals surface area contributed by atoms with Gasteiger partial charge in [-0.1, -0.05) is 20.3 Å². The highest BCUT2D eigenvalue weighted by molar-refractivity contribution is 5.79. The van der Waals surface area contributed by atoms with Gasteiger partial charge in [0.15, 0.2) is 0 Å². The van der Waals surface area contributed by atoms with Crippen molar-refractivity contribution < 1.29 is 19.1 Å². The van der Waals surface area contributed by atoms with Crippen molar-refractivity contribution >= 4 is 11.9 Å². The van der Waals surface area contributed by atoms with E-state index in [0.29, 0.717) is 25.6 Å². The first kappa shape index (κ1) is 15.9. The van der Waals surface area contributed by atoms with E-state index in [4.69, 9.17) is 9.47 Å². The van der Waals surface area contributed by atoms with Crippen LogP contribution in [-0.4, -0.2) is 25.2 Å². The molecule has 0 spiro atoms. The van der Waals surface area contributed by atoms with Crippen molar-refractivity contribution in [2.45, 2.75) is 47.0 Å². The molecule has 0 aliphatic rings. The van der Waals surface area contributed by atoms with E-state index in [1.54, 1.807) is 13.8 Å². The second-order valence-corrected chi connectivity index (χ2v) is 4.43. The van der Waals surface area contributed by atoms with Gasteiger partial charge in [-0.05, 0) is 26.2 Å². The smallest absolute Gasteiger partial charge is 0.309 e. The molecule has 100 valence electrons. The number of hydrogen-bond acceptors (Lipinski definition) is 4. The molecule has 0 bridgehead atoms. The standard InChI is InChI=1S/C13H24O4/c1-5-16-12(14)9-11(8-7-10(3)4)13(15)17-6-2/h10-11H,5-9H2,1-4H3. The summed E-state index contributed by atoms with van der Waals surface area (Å²) in [5, 5.41) is 0. The highest BCUT2D eigenvalue weighted by Gasteiger charge is 2.23. The molecule has 0 aromatic carbocycles. The average Bonchev–Trinajstić information content (AvgIpc) is 2.24. The van der Waals surface area contributed by atoms with Crippen molar-refractivity contribution in [3.63, 3.8) is 0 Å². The van der Waals surface area contributed by atoms with Gasteiger partial charge in [-0.25, -0.2) is 0 Å². The Kier molecular flexibility index (Phi) is 8.46. The average molecular weight is 244 g/mol. The summed E-state index contributed by atoms with van der Waals surface area (Å²) >= 11 is 0. The van der Waals surface area contributed by atoms with Gasteiger partial charge in [-0.2, -0.15) is 0 Å². The van der Waals surface area contributed by atoms with Crippen molar-refractivity contribution in [3.05, 3.63) is 0 Å². The number of hydrogen-bond donors (Lipinski definition) is 0. The van der Waals surface area contributed by atoms with Gasteiger partial charge in [0.05, 0.1) is 25.6 Å². The van der Waals surface area contributed by atoms with Crippen LogP contribution in [-0.2, 0) is 19.1 Å². The van der Waals surface area contributed by atoms with Crippen LogP contribution in [0.2, 0.25) is 0 Å². The Morgan fingerprint density at radius 1 is 1.00 bits per heavy atom. The molecule has 0 amide bonds. The minimum absolute atomic E-state index is 0.124. The van der Waals surface area contributed by atoms with Crippen LogP contribution in [0, 0.1) is 11.8 Å². The second-order valence-electron chi connectivity index (χ2n) is 4.43. The first-order valence-electron chi connectivity index (χ1n) is 6.33. The minimum Gasteiger partial charge on any atom is -0.466 e. The molecule has 17 heavy (non-hydrogen) atoms. The minimum atomic E-state index is -0.364. The van der Waals surface area contributed by atoms with Crippen molar-refractivity contribution in [2.75, 3.05) is 13.2 Å². The Labute approximate surface area is 104 Å². The van der Waals surface area contributed by atoms with E-state index in [0.717, 1.165) is 6.42 Å².